The third-order valence-electron chi connectivity index (χ3n) is 8.18. The lowest BCUT2D eigenvalue weighted by molar-refractivity contribution is -0.174. The van der Waals surface area contributed by atoms with Crippen LogP contribution in [0.1, 0.15) is 42.5 Å². The predicted octanol–water partition coefficient (Wildman–Crippen LogP) is 4.40. The molecule has 0 aromatic heterocycles. The maximum absolute atomic E-state index is 13.6. The van der Waals surface area contributed by atoms with Crippen molar-refractivity contribution < 1.29 is 36.3 Å². The highest BCUT2D eigenvalue weighted by molar-refractivity contribution is 7.92. The second kappa shape index (κ2) is 10.3. The number of halogens is 4. The van der Waals surface area contributed by atoms with E-state index < -0.39 is 44.0 Å². The molecule has 0 heterocycles. The zero-order chi connectivity index (χ0) is 28.1. The van der Waals surface area contributed by atoms with Crippen molar-refractivity contribution in [3.8, 4) is 0 Å². The van der Waals surface area contributed by atoms with Crippen LogP contribution in [0.2, 0.25) is 5.02 Å². The largest absolute Gasteiger partial charge is 0.387 e. The predicted molar refractivity (Wildman–Crippen MR) is 137 cm³/mol. The summed E-state index contributed by atoms with van der Waals surface area (Å²) in [5.74, 6) is -6.46. The van der Waals surface area contributed by atoms with Gasteiger partial charge in [-0.1, -0.05) is 23.8 Å². The first kappa shape index (κ1) is 27.7. The van der Waals surface area contributed by atoms with Gasteiger partial charge in [-0.3, -0.25) is 9.59 Å². The Morgan fingerprint density at radius 1 is 1.00 bits per heavy atom. The Hall–Kier alpha value is -2.89. The van der Waals surface area contributed by atoms with E-state index in [0.717, 1.165) is 6.07 Å². The minimum Gasteiger partial charge on any atom is -0.387 e. The minimum absolute atomic E-state index is 0.0609. The molecule has 4 aliphatic carbocycles. The van der Waals surface area contributed by atoms with E-state index in [1.54, 1.807) is 0 Å². The third kappa shape index (κ3) is 5.07. The summed E-state index contributed by atoms with van der Waals surface area (Å²) >= 11 is 6.22. The Labute approximate surface area is 228 Å². The minimum atomic E-state index is -4.03. The first-order valence-electron chi connectivity index (χ1n) is 12.5. The molecule has 2 atom stereocenters. The van der Waals surface area contributed by atoms with Crippen LogP contribution in [0.3, 0.4) is 0 Å². The lowest BCUT2D eigenvalue weighted by atomic mass is 9.53. The number of aliphatic hydroxyl groups is 1. The topological polar surface area (TPSA) is 113 Å². The quantitative estimate of drug-likeness (QED) is 0.331. The second-order valence-corrected chi connectivity index (χ2v) is 13.1. The smallest absolute Gasteiger partial charge is 0.255 e. The molecule has 2 amide bonds. The van der Waals surface area contributed by atoms with Gasteiger partial charge in [0.05, 0.1) is 20.8 Å². The lowest BCUT2D eigenvalue weighted by Crippen LogP contribution is -2.66. The standard InChI is InChI=1S/C27H26ClF3N2O5S/c28-20-6-5-15(26(35)33-18-11-21(29)24(31)22(30)12-18)7-23(20)39(37,38)19-9-16-8-17(10-19)27(16,36)13-32-25(34)14-3-1-2-4-14/h1-2,5-7,11-12,14,16-17,19,36H,3-4,8-10,13H2,(H,32,34)(H,33,35). The summed E-state index contributed by atoms with van der Waals surface area (Å²) < 4.78 is 67.4. The van der Waals surface area contributed by atoms with Gasteiger partial charge in [-0.25, -0.2) is 21.6 Å². The van der Waals surface area contributed by atoms with Crippen molar-refractivity contribution in [3.63, 3.8) is 0 Å². The number of carbonyl (C=O) groups is 2. The molecule has 4 aliphatic rings. The molecule has 39 heavy (non-hydrogen) atoms. The van der Waals surface area contributed by atoms with Crippen molar-refractivity contribution in [1.82, 2.24) is 5.32 Å². The Bertz CT molecular complexity index is 1440. The van der Waals surface area contributed by atoms with Crippen molar-refractivity contribution in [2.75, 3.05) is 11.9 Å². The summed E-state index contributed by atoms with van der Waals surface area (Å²) in [4.78, 5) is 24.8. The normalized spacial score (nSPS) is 26.2. The molecule has 2 aromatic carbocycles. The van der Waals surface area contributed by atoms with E-state index >= 15 is 0 Å². The number of benzene rings is 2. The molecule has 3 saturated carbocycles. The van der Waals surface area contributed by atoms with Crippen LogP contribution >= 0.6 is 11.6 Å². The fourth-order valence-electron chi connectivity index (χ4n) is 5.88. The van der Waals surface area contributed by atoms with Gasteiger partial charge >= 0.3 is 0 Å². The maximum atomic E-state index is 13.6. The van der Waals surface area contributed by atoms with E-state index in [1.807, 2.05) is 12.2 Å². The summed E-state index contributed by atoms with van der Waals surface area (Å²) in [5.41, 5.74) is -1.66. The Kier molecular flexibility index (Phi) is 7.28. The molecule has 12 heteroatoms. The molecule has 3 N–H and O–H groups in total. The first-order valence-corrected chi connectivity index (χ1v) is 14.5. The number of nitrogens with one attached hydrogen (secondary N) is 2. The number of hydrogen-bond acceptors (Lipinski definition) is 5. The third-order valence-corrected chi connectivity index (χ3v) is 10.8. The van der Waals surface area contributed by atoms with Crippen LogP contribution in [0.15, 0.2) is 47.4 Å². The molecule has 2 aromatic rings. The summed E-state index contributed by atoms with van der Waals surface area (Å²) in [7, 11) is -4.03. The van der Waals surface area contributed by atoms with E-state index in [4.69, 9.17) is 11.6 Å². The molecular weight excluding hydrogens is 557 g/mol. The summed E-state index contributed by atoms with van der Waals surface area (Å²) in [6, 6.07) is 4.79. The number of fused-ring (bicyclic) bond motifs is 2. The molecule has 2 bridgehead atoms. The van der Waals surface area contributed by atoms with Gasteiger partial charge < -0.3 is 15.7 Å². The van der Waals surface area contributed by atoms with Gasteiger partial charge in [0.2, 0.25) is 5.91 Å². The summed E-state index contributed by atoms with van der Waals surface area (Å²) in [6.07, 6.45) is 6.18. The summed E-state index contributed by atoms with van der Waals surface area (Å²) in [5, 5.41) is 15.3. The van der Waals surface area contributed by atoms with Crippen LogP contribution in [0.25, 0.3) is 0 Å². The van der Waals surface area contributed by atoms with Crippen LogP contribution in [0, 0.1) is 35.2 Å². The molecule has 208 valence electrons. The lowest BCUT2D eigenvalue weighted by Gasteiger charge is -2.58. The molecule has 0 aliphatic heterocycles. The Morgan fingerprint density at radius 2 is 1.62 bits per heavy atom. The van der Waals surface area contributed by atoms with E-state index in [-0.39, 0.29) is 64.2 Å². The number of sulfone groups is 1. The zero-order valence-corrected chi connectivity index (χ0v) is 22.2. The maximum Gasteiger partial charge on any atom is 0.255 e. The van der Waals surface area contributed by atoms with Crippen molar-refractivity contribution in [2.24, 2.45) is 17.8 Å². The molecule has 3 fully saturated rings. The van der Waals surface area contributed by atoms with Gasteiger partial charge in [-0.05, 0) is 62.1 Å². The molecule has 7 nitrogen and oxygen atoms in total. The fraction of sp³-hybridized carbons (Fsp3) is 0.407. The van der Waals surface area contributed by atoms with Gasteiger partial charge in [0.25, 0.3) is 5.91 Å². The van der Waals surface area contributed by atoms with Gasteiger partial charge in [0.15, 0.2) is 27.3 Å². The number of hydrogen-bond donors (Lipinski definition) is 3. The average Bonchev–Trinajstić information content (AvgIpc) is 3.45. The molecule has 2 unspecified atom stereocenters. The highest BCUT2D eigenvalue weighted by Crippen LogP contribution is 2.55. The Balaban J connectivity index is 1.28. The van der Waals surface area contributed by atoms with Crippen molar-refractivity contribution in [2.45, 2.75) is 47.9 Å². The van der Waals surface area contributed by atoms with Crippen LogP contribution in [0.4, 0.5) is 18.9 Å². The monoisotopic (exact) mass is 582 g/mol. The van der Waals surface area contributed by atoms with Crippen LogP contribution in [-0.2, 0) is 14.6 Å². The number of rotatable bonds is 7. The van der Waals surface area contributed by atoms with Crippen LogP contribution < -0.4 is 10.6 Å². The highest BCUT2D eigenvalue weighted by Gasteiger charge is 2.60. The zero-order valence-electron chi connectivity index (χ0n) is 20.6. The van der Waals surface area contributed by atoms with E-state index in [0.29, 0.717) is 31.4 Å². The van der Waals surface area contributed by atoms with E-state index in [1.165, 1.54) is 12.1 Å². The van der Waals surface area contributed by atoms with Crippen LogP contribution in [0.5, 0.6) is 0 Å². The van der Waals surface area contributed by atoms with Crippen LogP contribution in [-0.4, -0.2) is 42.7 Å². The van der Waals surface area contributed by atoms with Gasteiger partial charge in [0, 0.05) is 35.8 Å². The van der Waals surface area contributed by atoms with Gasteiger partial charge in [-0.15, -0.1) is 0 Å². The molecule has 0 saturated heterocycles. The second-order valence-electron chi connectivity index (χ2n) is 10.5. The molecule has 0 spiro atoms. The van der Waals surface area contributed by atoms with Crippen molar-refractivity contribution >= 4 is 38.9 Å². The number of allylic oxidation sites excluding steroid dienone is 2. The average molecular weight is 583 g/mol. The molecular formula is C27H26ClF3N2O5S. The first-order chi connectivity index (χ1) is 18.4. The van der Waals surface area contributed by atoms with Gasteiger partial charge in [-0.2, -0.15) is 0 Å². The number of anilines is 1. The fourth-order valence-corrected chi connectivity index (χ4v) is 8.28. The van der Waals surface area contributed by atoms with E-state index in [2.05, 4.69) is 10.6 Å². The SMILES string of the molecule is O=C(Nc1cc(F)c(F)c(F)c1)c1ccc(Cl)c(S(=O)(=O)C2CC3CC(C2)C3(O)CNC(=O)C2CC=CC2)c1. The summed E-state index contributed by atoms with van der Waals surface area (Å²) in [6.45, 7) is 0.0609. The van der Waals surface area contributed by atoms with E-state index in [9.17, 15) is 36.3 Å². The molecule has 6 rings (SSSR count). The molecule has 0 radical (unpaired) electrons. The van der Waals surface area contributed by atoms with Crippen molar-refractivity contribution in [1.29, 1.82) is 0 Å². The van der Waals surface area contributed by atoms with Crippen molar-refractivity contribution in [3.05, 3.63) is 70.5 Å². The number of amides is 2. The highest BCUT2D eigenvalue weighted by atomic mass is 35.5. The Morgan fingerprint density at radius 3 is 2.23 bits per heavy atom. The number of carbonyl (C=O) groups excluding carboxylic acids is 2. The van der Waals surface area contributed by atoms with Gasteiger partial charge in [0.1, 0.15) is 0 Å².